The maximum atomic E-state index is 12.1. The standard InChI is InChI=1S/C19H22N2O3/c1-10-8-14(12(3)22)18-15(9-10)16(19(20)23)11(2)17(21-18)13-4-6-24-7-5-13/h8-9,13H,4-7H2,1-3H3,(H2,20,23). The number of hydrogen-bond donors (Lipinski definition) is 1. The van der Waals surface area contributed by atoms with Crippen LogP contribution in [0.4, 0.5) is 0 Å². The molecule has 1 fully saturated rings. The molecular formula is C19H22N2O3. The fraction of sp³-hybridized carbons (Fsp3) is 0.421. The van der Waals surface area contributed by atoms with Crippen molar-refractivity contribution in [3.63, 3.8) is 0 Å². The minimum Gasteiger partial charge on any atom is -0.381 e. The van der Waals surface area contributed by atoms with Crippen LogP contribution in [-0.4, -0.2) is 29.9 Å². The van der Waals surface area contributed by atoms with E-state index >= 15 is 0 Å². The molecule has 1 amide bonds. The van der Waals surface area contributed by atoms with E-state index in [4.69, 9.17) is 15.5 Å². The molecular weight excluding hydrogens is 304 g/mol. The largest absolute Gasteiger partial charge is 0.381 e. The first-order valence-corrected chi connectivity index (χ1v) is 8.23. The smallest absolute Gasteiger partial charge is 0.249 e. The van der Waals surface area contributed by atoms with Gasteiger partial charge in [-0.3, -0.25) is 14.6 Å². The number of ketones is 1. The van der Waals surface area contributed by atoms with Gasteiger partial charge in [-0.15, -0.1) is 0 Å². The van der Waals surface area contributed by atoms with Crippen molar-refractivity contribution in [3.8, 4) is 0 Å². The Hall–Kier alpha value is -2.27. The number of fused-ring (bicyclic) bond motifs is 1. The average molecular weight is 326 g/mol. The molecule has 1 aliphatic rings. The van der Waals surface area contributed by atoms with Crippen LogP contribution in [0.1, 0.15) is 63.2 Å². The number of ether oxygens (including phenoxy) is 1. The van der Waals surface area contributed by atoms with Gasteiger partial charge in [0.1, 0.15) is 0 Å². The molecule has 5 nitrogen and oxygen atoms in total. The van der Waals surface area contributed by atoms with Crippen molar-refractivity contribution in [3.05, 3.63) is 40.1 Å². The first-order valence-electron chi connectivity index (χ1n) is 8.23. The summed E-state index contributed by atoms with van der Waals surface area (Å²) in [6, 6.07) is 3.71. The summed E-state index contributed by atoms with van der Waals surface area (Å²) in [4.78, 5) is 29.1. The number of aryl methyl sites for hydroxylation is 1. The van der Waals surface area contributed by atoms with Crippen molar-refractivity contribution < 1.29 is 14.3 Å². The highest BCUT2D eigenvalue weighted by Crippen LogP contribution is 2.34. The number of carbonyl (C=O) groups is 2. The zero-order valence-electron chi connectivity index (χ0n) is 14.3. The highest BCUT2D eigenvalue weighted by Gasteiger charge is 2.25. The highest BCUT2D eigenvalue weighted by molar-refractivity contribution is 6.13. The van der Waals surface area contributed by atoms with Crippen LogP contribution in [0.25, 0.3) is 10.9 Å². The van der Waals surface area contributed by atoms with Gasteiger partial charge in [0.05, 0.1) is 11.1 Å². The van der Waals surface area contributed by atoms with Crippen molar-refractivity contribution in [2.24, 2.45) is 5.73 Å². The van der Waals surface area contributed by atoms with E-state index < -0.39 is 5.91 Å². The molecule has 126 valence electrons. The number of primary amides is 1. The van der Waals surface area contributed by atoms with Crippen LogP contribution in [-0.2, 0) is 4.74 Å². The molecule has 1 aromatic carbocycles. The summed E-state index contributed by atoms with van der Waals surface area (Å²) >= 11 is 0. The maximum absolute atomic E-state index is 12.1. The van der Waals surface area contributed by atoms with E-state index in [-0.39, 0.29) is 11.7 Å². The lowest BCUT2D eigenvalue weighted by Crippen LogP contribution is -2.20. The molecule has 2 heterocycles. The molecule has 0 atom stereocenters. The molecule has 24 heavy (non-hydrogen) atoms. The highest BCUT2D eigenvalue weighted by atomic mass is 16.5. The molecule has 2 N–H and O–H groups in total. The Kier molecular flexibility index (Phi) is 4.37. The van der Waals surface area contributed by atoms with E-state index in [1.54, 1.807) is 0 Å². The summed E-state index contributed by atoms with van der Waals surface area (Å²) in [5.74, 6) is -0.316. The fourth-order valence-electron chi connectivity index (χ4n) is 3.58. The quantitative estimate of drug-likeness (QED) is 0.879. The summed E-state index contributed by atoms with van der Waals surface area (Å²) in [7, 11) is 0. The first-order chi connectivity index (χ1) is 11.4. The Labute approximate surface area is 141 Å². The molecule has 2 aromatic rings. The van der Waals surface area contributed by atoms with Gasteiger partial charge < -0.3 is 10.5 Å². The SMILES string of the molecule is CC(=O)c1cc(C)cc2c(C(N)=O)c(C)c(C3CCOCC3)nc12. The summed E-state index contributed by atoms with van der Waals surface area (Å²) in [5, 5.41) is 0.668. The Bertz CT molecular complexity index is 836. The summed E-state index contributed by atoms with van der Waals surface area (Å²) in [6.07, 6.45) is 1.72. The van der Waals surface area contributed by atoms with Crippen molar-refractivity contribution in [2.45, 2.75) is 39.5 Å². The van der Waals surface area contributed by atoms with E-state index in [1.807, 2.05) is 26.0 Å². The van der Waals surface area contributed by atoms with Crippen LogP contribution in [0.5, 0.6) is 0 Å². The van der Waals surface area contributed by atoms with Crippen molar-refractivity contribution >= 4 is 22.6 Å². The molecule has 0 unspecified atom stereocenters. The zero-order valence-corrected chi connectivity index (χ0v) is 14.3. The second kappa shape index (κ2) is 6.32. The number of carbonyl (C=O) groups excluding carboxylic acids is 2. The van der Waals surface area contributed by atoms with Crippen LogP contribution in [0, 0.1) is 13.8 Å². The second-order valence-electron chi connectivity index (χ2n) is 6.51. The Balaban J connectivity index is 2.36. The number of benzene rings is 1. The predicted octanol–water partition coefficient (Wildman–Crippen LogP) is 3.05. The van der Waals surface area contributed by atoms with Gasteiger partial charge in [-0.2, -0.15) is 0 Å². The number of rotatable bonds is 3. The fourth-order valence-corrected chi connectivity index (χ4v) is 3.58. The molecule has 0 radical (unpaired) electrons. The summed E-state index contributed by atoms with van der Waals surface area (Å²) < 4.78 is 5.43. The number of hydrogen-bond acceptors (Lipinski definition) is 4. The Morgan fingerprint density at radius 1 is 1.21 bits per heavy atom. The lowest BCUT2D eigenvalue weighted by Gasteiger charge is -2.25. The third-order valence-electron chi connectivity index (χ3n) is 4.75. The van der Waals surface area contributed by atoms with Crippen LogP contribution in [0.2, 0.25) is 0 Å². The average Bonchev–Trinajstić information content (AvgIpc) is 2.53. The normalized spacial score (nSPS) is 15.6. The van der Waals surface area contributed by atoms with Crippen molar-refractivity contribution in [2.75, 3.05) is 13.2 Å². The monoisotopic (exact) mass is 326 g/mol. The summed E-state index contributed by atoms with van der Waals surface area (Å²) in [6.45, 7) is 6.69. The van der Waals surface area contributed by atoms with E-state index in [1.165, 1.54) is 6.92 Å². The zero-order chi connectivity index (χ0) is 17.4. The molecule has 0 bridgehead atoms. The van der Waals surface area contributed by atoms with Gasteiger partial charge in [-0.05, 0) is 56.9 Å². The Morgan fingerprint density at radius 2 is 1.88 bits per heavy atom. The van der Waals surface area contributed by atoms with Gasteiger partial charge in [0, 0.05) is 35.8 Å². The van der Waals surface area contributed by atoms with Crippen LogP contribution in [0.15, 0.2) is 12.1 Å². The topological polar surface area (TPSA) is 82.3 Å². The van der Waals surface area contributed by atoms with Crippen molar-refractivity contribution in [1.82, 2.24) is 4.98 Å². The minimum atomic E-state index is -0.478. The van der Waals surface area contributed by atoms with Gasteiger partial charge in [0.2, 0.25) is 5.91 Å². The van der Waals surface area contributed by atoms with Gasteiger partial charge in [-0.25, -0.2) is 0 Å². The lowest BCUT2D eigenvalue weighted by molar-refractivity contribution is 0.0844. The third kappa shape index (κ3) is 2.80. The maximum Gasteiger partial charge on any atom is 0.249 e. The molecule has 3 rings (SSSR count). The minimum absolute atomic E-state index is 0.0617. The van der Waals surface area contributed by atoms with E-state index in [9.17, 15) is 9.59 Å². The molecule has 0 spiro atoms. The first kappa shape index (κ1) is 16.6. The van der Waals surface area contributed by atoms with Crippen molar-refractivity contribution in [1.29, 1.82) is 0 Å². The number of Topliss-reactive ketones (excluding diaryl/α,β-unsaturated/α-hetero) is 1. The molecule has 0 aliphatic carbocycles. The number of amides is 1. The number of pyridine rings is 1. The van der Waals surface area contributed by atoms with Gasteiger partial charge in [-0.1, -0.05) is 0 Å². The predicted molar refractivity (Wildman–Crippen MR) is 92.5 cm³/mol. The van der Waals surface area contributed by atoms with Crippen LogP contribution >= 0.6 is 0 Å². The number of aromatic nitrogens is 1. The van der Waals surface area contributed by atoms with Gasteiger partial charge >= 0.3 is 0 Å². The second-order valence-corrected chi connectivity index (χ2v) is 6.51. The molecule has 1 aliphatic heterocycles. The molecule has 1 aromatic heterocycles. The number of nitrogens with two attached hydrogens (primary N) is 1. The molecule has 5 heteroatoms. The Morgan fingerprint density at radius 3 is 2.46 bits per heavy atom. The van der Waals surface area contributed by atoms with E-state index in [0.29, 0.717) is 35.2 Å². The lowest BCUT2D eigenvalue weighted by atomic mass is 9.88. The molecule has 0 saturated carbocycles. The third-order valence-corrected chi connectivity index (χ3v) is 4.75. The summed E-state index contributed by atoms with van der Waals surface area (Å²) in [5.41, 5.74) is 9.88. The number of nitrogens with zero attached hydrogens (tertiary/aromatic N) is 1. The van der Waals surface area contributed by atoms with Crippen LogP contribution < -0.4 is 5.73 Å². The van der Waals surface area contributed by atoms with E-state index in [0.717, 1.165) is 29.7 Å². The van der Waals surface area contributed by atoms with Crippen LogP contribution in [0.3, 0.4) is 0 Å². The van der Waals surface area contributed by atoms with E-state index in [2.05, 4.69) is 0 Å². The van der Waals surface area contributed by atoms with Gasteiger partial charge in [0.15, 0.2) is 5.78 Å². The molecule has 1 saturated heterocycles. The van der Waals surface area contributed by atoms with Gasteiger partial charge in [0.25, 0.3) is 0 Å².